The van der Waals surface area contributed by atoms with Gasteiger partial charge in [-0.15, -0.1) is 5.10 Å². The van der Waals surface area contributed by atoms with Crippen LogP contribution in [0, 0.1) is 0 Å². The summed E-state index contributed by atoms with van der Waals surface area (Å²) in [6.45, 7) is 0.374. The molecular weight excluding hydrogens is 356 g/mol. The Bertz CT molecular complexity index is 959. The average molecular weight is 380 g/mol. The van der Waals surface area contributed by atoms with Crippen molar-refractivity contribution in [2.75, 3.05) is 25.5 Å². The second-order valence-electron chi connectivity index (χ2n) is 6.71. The maximum absolute atomic E-state index is 12.1. The Kier molecular flexibility index (Phi) is 6.26. The van der Waals surface area contributed by atoms with Crippen molar-refractivity contribution in [1.29, 1.82) is 0 Å². The van der Waals surface area contributed by atoms with Gasteiger partial charge in [-0.25, -0.2) is 4.79 Å². The SMILES string of the molecule is CN(C)c1ccc(CCCNC(=O)Cn2nc(-c3ccccc3)oc2=O)cc1. The van der Waals surface area contributed by atoms with E-state index in [1.165, 1.54) is 5.56 Å². The normalized spacial score (nSPS) is 10.6. The van der Waals surface area contributed by atoms with Gasteiger partial charge in [-0.3, -0.25) is 4.79 Å². The smallest absolute Gasteiger partial charge is 0.388 e. The van der Waals surface area contributed by atoms with Gasteiger partial charge in [0, 0.05) is 31.9 Å². The highest BCUT2D eigenvalue weighted by Gasteiger charge is 2.12. The van der Waals surface area contributed by atoms with Crippen LogP contribution in [0.15, 0.2) is 63.8 Å². The van der Waals surface area contributed by atoms with E-state index in [4.69, 9.17) is 4.42 Å². The first-order valence-corrected chi connectivity index (χ1v) is 9.19. The number of aromatic nitrogens is 2. The molecule has 1 heterocycles. The van der Waals surface area contributed by atoms with E-state index in [2.05, 4.69) is 39.6 Å². The Morgan fingerprint density at radius 1 is 1.11 bits per heavy atom. The Hall–Kier alpha value is -3.35. The van der Waals surface area contributed by atoms with Crippen LogP contribution in [0.3, 0.4) is 0 Å². The van der Waals surface area contributed by atoms with Gasteiger partial charge in [0.15, 0.2) is 0 Å². The zero-order valence-electron chi connectivity index (χ0n) is 16.1. The second-order valence-corrected chi connectivity index (χ2v) is 6.71. The van der Waals surface area contributed by atoms with Gasteiger partial charge in [0.05, 0.1) is 0 Å². The van der Waals surface area contributed by atoms with E-state index < -0.39 is 5.76 Å². The zero-order valence-corrected chi connectivity index (χ0v) is 16.1. The summed E-state index contributed by atoms with van der Waals surface area (Å²) in [6.07, 6.45) is 1.69. The molecule has 2 aromatic carbocycles. The molecule has 7 nitrogen and oxygen atoms in total. The topological polar surface area (TPSA) is 80.4 Å². The van der Waals surface area contributed by atoms with E-state index in [1.54, 1.807) is 12.1 Å². The number of amides is 1. The maximum atomic E-state index is 12.1. The standard InChI is InChI=1S/C21H24N4O3/c1-24(2)18-12-10-16(11-13-18)7-6-14-22-19(26)15-25-21(27)28-20(23-25)17-8-4-3-5-9-17/h3-5,8-13H,6-7,14-15H2,1-2H3,(H,22,26). The van der Waals surface area contributed by atoms with Crippen LogP contribution in [0.25, 0.3) is 11.5 Å². The van der Waals surface area contributed by atoms with Gasteiger partial charge in [-0.2, -0.15) is 4.68 Å². The molecule has 0 radical (unpaired) electrons. The Morgan fingerprint density at radius 3 is 2.50 bits per heavy atom. The van der Waals surface area contributed by atoms with Gasteiger partial charge in [-0.05, 0) is 42.7 Å². The second kappa shape index (κ2) is 9.03. The fraction of sp³-hybridized carbons (Fsp3) is 0.286. The number of nitrogens with one attached hydrogen (secondary N) is 1. The molecule has 1 amide bonds. The average Bonchev–Trinajstić information content (AvgIpc) is 3.06. The molecule has 1 N–H and O–H groups in total. The number of hydrogen-bond acceptors (Lipinski definition) is 5. The van der Waals surface area contributed by atoms with E-state index in [0.717, 1.165) is 23.2 Å². The molecule has 0 bridgehead atoms. The minimum atomic E-state index is -0.644. The molecular formula is C21H24N4O3. The number of benzene rings is 2. The summed E-state index contributed by atoms with van der Waals surface area (Å²) in [7, 11) is 4.01. The monoisotopic (exact) mass is 380 g/mol. The first kappa shape index (κ1) is 19.4. The highest BCUT2D eigenvalue weighted by molar-refractivity contribution is 5.75. The van der Waals surface area contributed by atoms with Gasteiger partial charge in [-0.1, -0.05) is 30.3 Å². The number of carbonyl (C=O) groups is 1. The van der Waals surface area contributed by atoms with Crippen LogP contribution in [0.5, 0.6) is 0 Å². The highest BCUT2D eigenvalue weighted by Crippen LogP contribution is 2.14. The summed E-state index contributed by atoms with van der Waals surface area (Å²) in [6, 6.07) is 17.5. The molecule has 0 aliphatic heterocycles. The van der Waals surface area contributed by atoms with Crippen molar-refractivity contribution in [2.45, 2.75) is 19.4 Å². The fourth-order valence-electron chi connectivity index (χ4n) is 2.78. The van der Waals surface area contributed by atoms with Crippen molar-refractivity contribution in [1.82, 2.24) is 15.1 Å². The molecule has 7 heteroatoms. The number of nitrogens with zero attached hydrogens (tertiary/aromatic N) is 3. The third-order valence-electron chi connectivity index (χ3n) is 4.34. The van der Waals surface area contributed by atoms with Gasteiger partial charge >= 0.3 is 5.76 Å². The Labute approximate surface area is 163 Å². The first-order valence-electron chi connectivity index (χ1n) is 9.19. The van der Waals surface area contributed by atoms with Crippen molar-refractivity contribution >= 4 is 11.6 Å². The van der Waals surface area contributed by atoms with Crippen LogP contribution < -0.4 is 16.0 Å². The zero-order chi connectivity index (χ0) is 19.9. The Balaban J connectivity index is 1.46. The van der Waals surface area contributed by atoms with Crippen LogP contribution in [-0.4, -0.2) is 36.3 Å². The van der Waals surface area contributed by atoms with Crippen LogP contribution in [0.2, 0.25) is 0 Å². The van der Waals surface area contributed by atoms with Crippen LogP contribution in [0.4, 0.5) is 5.69 Å². The van der Waals surface area contributed by atoms with Gasteiger partial charge in [0.25, 0.3) is 0 Å². The van der Waals surface area contributed by atoms with Crippen molar-refractivity contribution in [3.63, 3.8) is 0 Å². The maximum Gasteiger partial charge on any atom is 0.437 e. The number of anilines is 1. The van der Waals surface area contributed by atoms with Crippen LogP contribution in [0.1, 0.15) is 12.0 Å². The lowest BCUT2D eigenvalue weighted by molar-refractivity contribution is -0.121. The van der Waals surface area contributed by atoms with E-state index in [-0.39, 0.29) is 18.3 Å². The molecule has 0 saturated carbocycles. The summed E-state index contributed by atoms with van der Waals surface area (Å²) in [5, 5.41) is 6.91. The number of aryl methyl sites for hydroxylation is 1. The third-order valence-corrected chi connectivity index (χ3v) is 4.34. The van der Waals surface area contributed by atoms with Crippen molar-refractivity contribution in [2.24, 2.45) is 0 Å². The molecule has 0 unspecified atom stereocenters. The van der Waals surface area contributed by atoms with E-state index in [9.17, 15) is 9.59 Å². The molecule has 0 saturated heterocycles. The minimum Gasteiger partial charge on any atom is -0.388 e. The molecule has 0 atom stereocenters. The molecule has 0 aliphatic rings. The van der Waals surface area contributed by atoms with Crippen molar-refractivity contribution < 1.29 is 9.21 Å². The summed E-state index contributed by atoms with van der Waals surface area (Å²) in [5.74, 6) is -0.701. The lowest BCUT2D eigenvalue weighted by atomic mass is 10.1. The van der Waals surface area contributed by atoms with Crippen molar-refractivity contribution in [3.05, 3.63) is 70.7 Å². The Morgan fingerprint density at radius 2 is 1.82 bits per heavy atom. The molecule has 0 aliphatic carbocycles. The quantitative estimate of drug-likeness (QED) is 0.607. The molecule has 1 aromatic heterocycles. The summed E-state index contributed by atoms with van der Waals surface area (Å²) < 4.78 is 6.16. The summed E-state index contributed by atoms with van der Waals surface area (Å²) >= 11 is 0. The summed E-state index contributed by atoms with van der Waals surface area (Å²) in [5.41, 5.74) is 3.07. The molecule has 28 heavy (non-hydrogen) atoms. The molecule has 0 fully saturated rings. The van der Waals surface area contributed by atoms with Crippen LogP contribution in [-0.2, 0) is 17.8 Å². The fourth-order valence-corrected chi connectivity index (χ4v) is 2.78. The highest BCUT2D eigenvalue weighted by atomic mass is 16.4. The molecule has 3 rings (SSSR count). The molecule has 3 aromatic rings. The van der Waals surface area contributed by atoms with Gasteiger partial charge in [0.2, 0.25) is 11.8 Å². The number of carbonyl (C=O) groups excluding carboxylic acids is 1. The van der Waals surface area contributed by atoms with Gasteiger partial charge < -0.3 is 14.6 Å². The largest absolute Gasteiger partial charge is 0.437 e. The predicted molar refractivity (Wildman–Crippen MR) is 108 cm³/mol. The number of rotatable bonds is 8. The first-order chi connectivity index (χ1) is 13.5. The lowest BCUT2D eigenvalue weighted by Crippen LogP contribution is -2.32. The van der Waals surface area contributed by atoms with E-state index >= 15 is 0 Å². The van der Waals surface area contributed by atoms with Gasteiger partial charge in [0.1, 0.15) is 6.54 Å². The summed E-state index contributed by atoms with van der Waals surface area (Å²) in [4.78, 5) is 26.0. The predicted octanol–water partition coefficient (Wildman–Crippen LogP) is 2.32. The van der Waals surface area contributed by atoms with E-state index in [0.29, 0.717) is 12.1 Å². The van der Waals surface area contributed by atoms with E-state index in [1.807, 2.05) is 32.3 Å². The molecule has 146 valence electrons. The number of hydrogen-bond donors (Lipinski definition) is 1. The van der Waals surface area contributed by atoms with Crippen molar-refractivity contribution in [3.8, 4) is 11.5 Å². The third kappa shape index (κ3) is 5.09. The lowest BCUT2D eigenvalue weighted by Gasteiger charge is -2.12. The van der Waals surface area contributed by atoms with Crippen LogP contribution >= 0.6 is 0 Å². The minimum absolute atomic E-state index is 0.160. The molecule has 0 spiro atoms.